The molecule has 1 aromatic heterocycles. The molecule has 5 nitrogen and oxygen atoms in total. The standard InChI is InChI=1S/C13H23N3O2/c1-9(8-17)10(2)15-13(18)6-5-12-7-14-16(4)11(12)3/h7,9-10,17H,5-6,8H2,1-4H3,(H,15,18). The van der Waals surface area contributed by atoms with Gasteiger partial charge in [0.05, 0.1) is 6.20 Å². The molecule has 0 aliphatic carbocycles. The Morgan fingerprint density at radius 3 is 2.72 bits per heavy atom. The zero-order valence-corrected chi connectivity index (χ0v) is 11.6. The molecule has 1 aromatic rings. The predicted octanol–water partition coefficient (Wildman–Crippen LogP) is 0.794. The average molecular weight is 253 g/mol. The summed E-state index contributed by atoms with van der Waals surface area (Å²) < 4.78 is 1.81. The Hall–Kier alpha value is -1.36. The Labute approximate surface area is 108 Å². The smallest absolute Gasteiger partial charge is 0.220 e. The zero-order chi connectivity index (χ0) is 13.7. The summed E-state index contributed by atoms with van der Waals surface area (Å²) in [4.78, 5) is 11.7. The van der Waals surface area contributed by atoms with Gasteiger partial charge in [0, 0.05) is 31.8 Å². The van der Waals surface area contributed by atoms with Crippen molar-refractivity contribution in [1.82, 2.24) is 15.1 Å². The number of rotatable bonds is 6. The molecule has 18 heavy (non-hydrogen) atoms. The van der Waals surface area contributed by atoms with Crippen molar-refractivity contribution in [3.05, 3.63) is 17.5 Å². The number of hydrogen-bond acceptors (Lipinski definition) is 3. The molecule has 0 bridgehead atoms. The summed E-state index contributed by atoms with van der Waals surface area (Å²) >= 11 is 0. The van der Waals surface area contributed by atoms with Crippen LogP contribution < -0.4 is 5.32 Å². The molecule has 0 aromatic carbocycles. The van der Waals surface area contributed by atoms with Crippen molar-refractivity contribution >= 4 is 5.91 Å². The number of aliphatic hydroxyl groups is 1. The van der Waals surface area contributed by atoms with Crippen LogP contribution >= 0.6 is 0 Å². The number of nitrogens with zero attached hydrogens (tertiary/aromatic N) is 2. The second kappa shape index (κ2) is 6.54. The quantitative estimate of drug-likeness (QED) is 0.788. The molecule has 0 aliphatic heterocycles. The van der Waals surface area contributed by atoms with E-state index in [1.165, 1.54) is 0 Å². The van der Waals surface area contributed by atoms with E-state index in [0.717, 1.165) is 11.3 Å². The van der Waals surface area contributed by atoms with Crippen molar-refractivity contribution < 1.29 is 9.90 Å². The van der Waals surface area contributed by atoms with Gasteiger partial charge in [-0.15, -0.1) is 0 Å². The third-order valence-corrected chi connectivity index (χ3v) is 3.49. The summed E-state index contributed by atoms with van der Waals surface area (Å²) in [6.07, 6.45) is 2.96. The monoisotopic (exact) mass is 253 g/mol. The van der Waals surface area contributed by atoms with E-state index < -0.39 is 0 Å². The first kappa shape index (κ1) is 14.7. The summed E-state index contributed by atoms with van der Waals surface area (Å²) in [6, 6.07) is -0.00232. The fraction of sp³-hybridized carbons (Fsp3) is 0.692. The summed E-state index contributed by atoms with van der Waals surface area (Å²) in [6.45, 7) is 5.91. The molecular weight excluding hydrogens is 230 g/mol. The SMILES string of the molecule is Cc1c(CCC(=O)NC(C)C(C)CO)cnn1C. The minimum atomic E-state index is -0.00232. The van der Waals surface area contributed by atoms with Gasteiger partial charge in [0.25, 0.3) is 0 Å². The summed E-state index contributed by atoms with van der Waals surface area (Å²) in [5, 5.41) is 16.1. The van der Waals surface area contributed by atoms with E-state index in [4.69, 9.17) is 5.11 Å². The first-order valence-corrected chi connectivity index (χ1v) is 6.33. The van der Waals surface area contributed by atoms with Crippen LogP contribution in [0.1, 0.15) is 31.5 Å². The lowest BCUT2D eigenvalue weighted by molar-refractivity contribution is -0.122. The van der Waals surface area contributed by atoms with E-state index in [1.54, 1.807) is 0 Å². The maximum absolute atomic E-state index is 11.7. The summed E-state index contributed by atoms with van der Waals surface area (Å²) in [5.74, 6) is 0.0973. The zero-order valence-electron chi connectivity index (χ0n) is 11.6. The van der Waals surface area contributed by atoms with Gasteiger partial charge in [0.1, 0.15) is 0 Å². The molecule has 1 amide bonds. The van der Waals surface area contributed by atoms with Crippen LogP contribution in [-0.4, -0.2) is 33.4 Å². The van der Waals surface area contributed by atoms with Gasteiger partial charge < -0.3 is 10.4 Å². The Morgan fingerprint density at radius 1 is 1.56 bits per heavy atom. The van der Waals surface area contributed by atoms with Crippen molar-refractivity contribution in [2.24, 2.45) is 13.0 Å². The number of carbonyl (C=O) groups excluding carboxylic acids is 1. The van der Waals surface area contributed by atoms with Gasteiger partial charge in [-0.05, 0) is 31.7 Å². The van der Waals surface area contributed by atoms with Gasteiger partial charge in [-0.2, -0.15) is 5.10 Å². The molecule has 2 N–H and O–H groups in total. The third kappa shape index (κ3) is 3.84. The van der Waals surface area contributed by atoms with E-state index in [2.05, 4.69) is 10.4 Å². The van der Waals surface area contributed by atoms with Crippen LogP contribution in [0, 0.1) is 12.8 Å². The fourth-order valence-electron chi connectivity index (χ4n) is 1.66. The first-order chi connectivity index (χ1) is 8.45. The Kier molecular flexibility index (Phi) is 5.34. The Morgan fingerprint density at radius 2 is 2.22 bits per heavy atom. The molecule has 2 unspecified atom stereocenters. The van der Waals surface area contributed by atoms with Crippen LogP contribution in [0.4, 0.5) is 0 Å². The van der Waals surface area contributed by atoms with Crippen LogP contribution in [0.3, 0.4) is 0 Å². The molecule has 0 fully saturated rings. The highest BCUT2D eigenvalue weighted by atomic mass is 16.3. The topological polar surface area (TPSA) is 67.2 Å². The summed E-state index contributed by atoms with van der Waals surface area (Å²) in [7, 11) is 1.89. The fourth-order valence-corrected chi connectivity index (χ4v) is 1.66. The maximum Gasteiger partial charge on any atom is 0.220 e. The number of aliphatic hydroxyl groups excluding tert-OH is 1. The van der Waals surface area contributed by atoms with E-state index in [-0.39, 0.29) is 24.5 Å². The maximum atomic E-state index is 11.7. The van der Waals surface area contributed by atoms with Gasteiger partial charge in [0.2, 0.25) is 5.91 Å². The number of hydrogen-bond donors (Lipinski definition) is 2. The van der Waals surface area contributed by atoms with Gasteiger partial charge in [-0.3, -0.25) is 9.48 Å². The van der Waals surface area contributed by atoms with E-state index in [0.29, 0.717) is 12.8 Å². The predicted molar refractivity (Wildman–Crippen MR) is 70.1 cm³/mol. The van der Waals surface area contributed by atoms with E-state index in [1.807, 2.05) is 38.7 Å². The van der Waals surface area contributed by atoms with Gasteiger partial charge in [0.15, 0.2) is 0 Å². The van der Waals surface area contributed by atoms with E-state index >= 15 is 0 Å². The second-order valence-electron chi connectivity index (χ2n) is 4.89. The highest BCUT2D eigenvalue weighted by Crippen LogP contribution is 2.09. The van der Waals surface area contributed by atoms with Crippen LogP contribution in [0.25, 0.3) is 0 Å². The lowest BCUT2D eigenvalue weighted by Crippen LogP contribution is -2.38. The number of aromatic nitrogens is 2. The third-order valence-electron chi connectivity index (χ3n) is 3.49. The van der Waals surface area contributed by atoms with Crippen molar-refractivity contribution in [2.45, 2.75) is 39.7 Å². The van der Waals surface area contributed by atoms with Crippen molar-refractivity contribution in [3.63, 3.8) is 0 Å². The van der Waals surface area contributed by atoms with Crippen molar-refractivity contribution in [2.75, 3.05) is 6.61 Å². The van der Waals surface area contributed by atoms with Gasteiger partial charge >= 0.3 is 0 Å². The Balaban J connectivity index is 2.40. The molecule has 0 aliphatic rings. The minimum absolute atomic E-state index is 0.00232. The number of amides is 1. The van der Waals surface area contributed by atoms with Crippen LogP contribution in [0.15, 0.2) is 6.20 Å². The molecule has 2 atom stereocenters. The molecule has 0 spiro atoms. The minimum Gasteiger partial charge on any atom is -0.396 e. The molecule has 5 heteroatoms. The van der Waals surface area contributed by atoms with Crippen LogP contribution in [-0.2, 0) is 18.3 Å². The first-order valence-electron chi connectivity index (χ1n) is 6.33. The highest BCUT2D eigenvalue weighted by molar-refractivity contribution is 5.76. The summed E-state index contributed by atoms with van der Waals surface area (Å²) in [5.41, 5.74) is 2.20. The molecule has 1 heterocycles. The molecule has 0 saturated heterocycles. The van der Waals surface area contributed by atoms with Crippen LogP contribution in [0.2, 0.25) is 0 Å². The van der Waals surface area contributed by atoms with Crippen LogP contribution in [0.5, 0.6) is 0 Å². The average Bonchev–Trinajstić information content (AvgIpc) is 2.66. The van der Waals surface area contributed by atoms with Gasteiger partial charge in [-0.1, -0.05) is 6.92 Å². The van der Waals surface area contributed by atoms with Crippen molar-refractivity contribution in [3.8, 4) is 0 Å². The number of nitrogens with one attached hydrogen (secondary N) is 1. The second-order valence-corrected chi connectivity index (χ2v) is 4.89. The molecule has 1 rings (SSSR count). The lowest BCUT2D eigenvalue weighted by Gasteiger charge is -2.19. The lowest BCUT2D eigenvalue weighted by atomic mass is 10.0. The van der Waals surface area contributed by atoms with Crippen molar-refractivity contribution in [1.29, 1.82) is 0 Å². The van der Waals surface area contributed by atoms with E-state index in [9.17, 15) is 4.79 Å². The largest absolute Gasteiger partial charge is 0.396 e. The highest BCUT2D eigenvalue weighted by Gasteiger charge is 2.14. The molecule has 0 saturated carbocycles. The molecule has 102 valence electrons. The number of carbonyl (C=O) groups is 1. The normalized spacial score (nSPS) is 14.3. The molecule has 0 radical (unpaired) electrons. The number of aryl methyl sites for hydroxylation is 2. The molecular formula is C13H23N3O2. The Bertz CT molecular complexity index is 401. The van der Waals surface area contributed by atoms with Gasteiger partial charge in [-0.25, -0.2) is 0 Å².